The lowest BCUT2D eigenvalue weighted by molar-refractivity contribution is 0.0679. The molecule has 9 nitrogen and oxygen atoms in total. The average Bonchev–Trinajstić information content (AvgIpc) is 3.53. The first-order valence-electron chi connectivity index (χ1n) is 10.6. The van der Waals surface area contributed by atoms with Gasteiger partial charge in [-0.05, 0) is 24.8 Å². The number of hydrogen-bond acceptors (Lipinski definition) is 6. The minimum Gasteiger partial charge on any atom is -0.502 e. The quantitative estimate of drug-likeness (QED) is 0.672. The Kier molecular flexibility index (Phi) is 5.08. The molecule has 0 spiro atoms. The van der Waals surface area contributed by atoms with Crippen molar-refractivity contribution in [3.63, 3.8) is 0 Å². The lowest BCUT2D eigenvalue weighted by Gasteiger charge is -2.37. The summed E-state index contributed by atoms with van der Waals surface area (Å²) in [7, 11) is 1.42. The van der Waals surface area contributed by atoms with E-state index in [9.17, 15) is 28.3 Å². The van der Waals surface area contributed by atoms with Crippen molar-refractivity contribution in [2.45, 2.75) is 25.5 Å². The summed E-state index contributed by atoms with van der Waals surface area (Å²) >= 11 is 0. The number of rotatable bonds is 6. The third-order valence-corrected chi connectivity index (χ3v) is 6.29. The standard InChI is InChI=1S/C22H22F2N4O5/c1-33-15-9-27-10-26(8-11-2-3-11)22(32)18-20(30)19(29)16(17(15)28(18)27)21(31)25-7-12-4-5-13(23)6-14(12)24/h4-6,11,15,30H,2-3,7-10H2,1H3,(H,25,31). The van der Waals surface area contributed by atoms with Crippen molar-refractivity contribution in [1.82, 2.24) is 14.9 Å². The summed E-state index contributed by atoms with van der Waals surface area (Å²) in [4.78, 5) is 40.8. The van der Waals surface area contributed by atoms with Gasteiger partial charge in [-0.2, -0.15) is 0 Å². The molecule has 2 amide bonds. The Bertz CT molecular complexity index is 1230. The maximum absolute atomic E-state index is 13.9. The van der Waals surface area contributed by atoms with E-state index in [4.69, 9.17) is 4.74 Å². The molecule has 3 heterocycles. The van der Waals surface area contributed by atoms with Gasteiger partial charge in [0, 0.05) is 31.8 Å². The van der Waals surface area contributed by atoms with E-state index in [0.717, 1.165) is 18.9 Å². The zero-order valence-electron chi connectivity index (χ0n) is 17.8. The van der Waals surface area contributed by atoms with Gasteiger partial charge in [0.05, 0.1) is 12.2 Å². The second-order valence-electron chi connectivity index (χ2n) is 8.54. The van der Waals surface area contributed by atoms with Gasteiger partial charge < -0.3 is 20.1 Å². The van der Waals surface area contributed by atoms with Crippen LogP contribution in [0.4, 0.5) is 8.78 Å². The highest BCUT2D eigenvalue weighted by molar-refractivity contribution is 6.00. The summed E-state index contributed by atoms with van der Waals surface area (Å²) in [5.41, 5.74) is -1.39. The van der Waals surface area contributed by atoms with E-state index in [0.29, 0.717) is 18.5 Å². The second-order valence-corrected chi connectivity index (χ2v) is 8.54. The number of aromatic nitrogens is 1. The van der Waals surface area contributed by atoms with Gasteiger partial charge >= 0.3 is 0 Å². The molecule has 2 aromatic rings. The van der Waals surface area contributed by atoms with Crippen LogP contribution in [0, 0.1) is 17.6 Å². The number of pyridine rings is 1. The molecule has 5 rings (SSSR count). The van der Waals surface area contributed by atoms with Gasteiger partial charge in [0.25, 0.3) is 11.8 Å². The fourth-order valence-electron chi connectivity index (χ4n) is 4.43. The largest absolute Gasteiger partial charge is 0.502 e. The average molecular weight is 460 g/mol. The molecule has 2 aliphatic heterocycles. The Morgan fingerprint density at radius 2 is 2.03 bits per heavy atom. The summed E-state index contributed by atoms with van der Waals surface area (Å²) in [5.74, 6) is -3.34. The Balaban J connectivity index is 1.53. The van der Waals surface area contributed by atoms with Gasteiger partial charge in [-0.25, -0.2) is 13.5 Å². The van der Waals surface area contributed by atoms with E-state index >= 15 is 0 Å². The summed E-state index contributed by atoms with van der Waals surface area (Å²) in [5, 5.41) is 14.9. The molecule has 33 heavy (non-hydrogen) atoms. The number of amides is 2. The normalized spacial score (nSPS) is 19.1. The van der Waals surface area contributed by atoms with Crippen molar-refractivity contribution in [2.75, 3.05) is 31.9 Å². The number of benzene rings is 1. The summed E-state index contributed by atoms with van der Waals surface area (Å²) in [6.07, 6.45) is 1.36. The number of aromatic hydroxyl groups is 1. The molecule has 1 fully saturated rings. The van der Waals surface area contributed by atoms with E-state index in [-0.39, 0.29) is 42.3 Å². The van der Waals surface area contributed by atoms with Gasteiger partial charge in [0.2, 0.25) is 5.43 Å². The SMILES string of the molecule is COC1CN2CN(CC3CC3)C(=O)c3c(O)c(=O)c(C(=O)NCc4ccc(F)cc4F)c1n32. The molecular weight excluding hydrogens is 438 g/mol. The van der Waals surface area contributed by atoms with Crippen LogP contribution in [0.5, 0.6) is 5.75 Å². The van der Waals surface area contributed by atoms with E-state index in [1.54, 1.807) is 9.91 Å². The molecule has 0 saturated heterocycles. The van der Waals surface area contributed by atoms with Crippen molar-refractivity contribution in [2.24, 2.45) is 5.92 Å². The first-order valence-corrected chi connectivity index (χ1v) is 10.6. The van der Waals surface area contributed by atoms with E-state index in [1.165, 1.54) is 17.9 Å². The fourth-order valence-corrected chi connectivity index (χ4v) is 4.43. The number of methoxy groups -OCH3 is 1. The molecule has 1 aromatic heterocycles. The highest BCUT2D eigenvalue weighted by Crippen LogP contribution is 2.36. The molecule has 0 radical (unpaired) electrons. The molecule has 1 aliphatic carbocycles. The molecule has 3 aliphatic rings. The number of hydrogen-bond donors (Lipinski definition) is 2. The molecule has 174 valence electrons. The van der Waals surface area contributed by atoms with Crippen LogP contribution in [0.15, 0.2) is 23.0 Å². The minimum atomic E-state index is -1.00. The van der Waals surface area contributed by atoms with E-state index in [2.05, 4.69) is 5.32 Å². The smallest absolute Gasteiger partial charge is 0.277 e. The van der Waals surface area contributed by atoms with Crippen LogP contribution in [0.25, 0.3) is 0 Å². The monoisotopic (exact) mass is 460 g/mol. The van der Waals surface area contributed by atoms with Gasteiger partial charge in [-0.1, -0.05) is 6.07 Å². The van der Waals surface area contributed by atoms with Crippen molar-refractivity contribution >= 4 is 11.8 Å². The van der Waals surface area contributed by atoms with Crippen LogP contribution in [0.1, 0.15) is 51.0 Å². The Labute approximate surface area is 187 Å². The van der Waals surface area contributed by atoms with E-state index < -0.39 is 40.7 Å². The summed E-state index contributed by atoms with van der Waals surface area (Å²) < 4.78 is 34.0. The molecule has 1 saturated carbocycles. The Morgan fingerprint density at radius 3 is 2.70 bits per heavy atom. The maximum Gasteiger partial charge on any atom is 0.277 e. The van der Waals surface area contributed by atoms with Gasteiger partial charge in [0.1, 0.15) is 30.0 Å². The van der Waals surface area contributed by atoms with Gasteiger partial charge in [0.15, 0.2) is 11.4 Å². The zero-order chi connectivity index (χ0) is 23.4. The molecule has 1 aromatic carbocycles. The summed E-state index contributed by atoms with van der Waals surface area (Å²) in [6.45, 7) is 0.732. The number of nitrogens with zero attached hydrogens (tertiary/aromatic N) is 3. The highest BCUT2D eigenvalue weighted by atomic mass is 19.1. The number of carbonyl (C=O) groups is 2. The maximum atomic E-state index is 13.9. The third-order valence-electron chi connectivity index (χ3n) is 6.29. The van der Waals surface area contributed by atoms with Crippen LogP contribution in [-0.2, 0) is 11.3 Å². The summed E-state index contributed by atoms with van der Waals surface area (Å²) in [6, 6.07) is 2.94. The highest BCUT2D eigenvalue weighted by Gasteiger charge is 2.45. The number of nitrogens with one attached hydrogen (secondary N) is 1. The van der Waals surface area contributed by atoms with Crippen molar-refractivity contribution in [3.8, 4) is 5.75 Å². The second kappa shape index (κ2) is 7.84. The number of ether oxygens (including phenoxy) is 1. The first-order chi connectivity index (χ1) is 15.8. The zero-order valence-corrected chi connectivity index (χ0v) is 17.8. The van der Waals surface area contributed by atoms with Crippen LogP contribution in [-0.4, -0.2) is 53.4 Å². The van der Waals surface area contributed by atoms with Crippen molar-refractivity contribution in [1.29, 1.82) is 0 Å². The molecule has 1 unspecified atom stereocenters. The Morgan fingerprint density at radius 1 is 1.27 bits per heavy atom. The molecule has 11 heteroatoms. The number of halogens is 2. The van der Waals surface area contributed by atoms with Gasteiger partial charge in [-0.15, -0.1) is 0 Å². The predicted octanol–water partition coefficient (Wildman–Crippen LogP) is 1.22. The van der Waals surface area contributed by atoms with Crippen molar-refractivity contribution in [3.05, 3.63) is 62.6 Å². The molecular formula is C22H22F2N4O5. The third kappa shape index (κ3) is 3.52. The van der Waals surface area contributed by atoms with Gasteiger partial charge in [-0.3, -0.25) is 19.4 Å². The molecule has 0 bridgehead atoms. The van der Waals surface area contributed by atoms with E-state index in [1.807, 2.05) is 0 Å². The molecule has 1 atom stereocenters. The topological polar surface area (TPSA) is 104 Å². The predicted molar refractivity (Wildman–Crippen MR) is 111 cm³/mol. The van der Waals surface area contributed by atoms with Crippen LogP contribution in [0.2, 0.25) is 0 Å². The number of carbonyl (C=O) groups excluding carboxylic acids is 2. The Hall–Kier alpha value is -3.47. The fraction of sp³-hybridized carbons (Fsp3) is 0.409. The van der Waals surface area contributed by atoms with Crippen molar-refractivity contribution < 1.29 is 28.2 Å². The lowest BCUT2D eigenvalue weighted by atomic mass is 10.1. The lowest BCUT2D eigenvalue weighted by Crippen LogP contribution is -2.53. The minimum absolute atomic E-state index is 0.0271. The molecule has 2 N–H and O–H groups in total. The van der Waals surface area contributed by atoms with Crippen LogP contribution >= 0.6 is 0 Å². The van der Waals surface area contributed by atoms with Crippen LogP contribution < -0.4 is 15.8 Å². The van der Waals surface area contributed by atoms with Crippen LogP contribution in [0.3, 0.4) is 0 Å². The first kappa shape index (κ1) is 21.4.